The van der Waals surface area contributed by atoms with E-state index >= 15 is 0 Å². The molecule has 40 heavy (non-hydrogen) atoms. The van der Waals surface area contributed by atoms with Crippen LogP contribution in [0, 0.1) is 22.7 Å². The zero-order chi connectivity index (χ0) is 28.4. The van der Waals surface area contributed by atoms with Crippen molar-refractivity contribution in [3.63, 3.8) is 0 Å². The van der Waals surface area contributed by atoms with Gasteiger partial charge in [0.1, 0.15) is 23.2 Å². The first-order valence-electron chi connectivity index (χ1n) is 13.5. The SMILES string of the molecule is C=C[C@@H](c1nccc(-n2ccc3c(OC(F)F)cccc32)n1)C1CCC(C(=O)N2CCN(C(C)=N)C(=N)C2)CC1. The van der Waals surface area contributed by atoms with E-state index in [1.807, 2.05) is 16.7 Å². The average Bonchev–Trinajstić information content (AvgIpc) is 3.38. The summed E-state index contributed by atoms with van der Waals surface area (Å²) in [6.07, 6.45) is 8.50. The van der Waals surface area contributed by atoms with Gasteiger partial charge < -0.3 is 19.1 Å². The lowest BCUT2D eigenvalue weighted by Gasteiger charge is -2.39. The van der Waals surface area contributed by atoms with Gasteiger partial charge in [0.05, 0.1) is 17.9 Å². The van der Waals surface area contributed by atoms with Gasteiger partial charge in [-0.25, -0.2) is 9.97 Å². The number of alkyl halides is 2. The summed E-state index contributed by atoms with van der Waals surface area (Å²) in [5.74, 6) is 2.14. The quantitative estimate of drug-likeness (QED) is 0.239. The van der Waals surface area contributed by atoms with Crippen LogP contribution in [0.5, 0.6) is 5.75 Å². The molecular weight excluding hydrogens is 516 g/mol. The summed E-state index contributed by atoms with van der Waals surface area (Å²) in [6, 6.07) is 8.51. The molecule has 9 nitrogen and oxygen atoms in total. The number of allylic oxidation sites excluding steroid dienone is 1. The Morgan fingerprint density at radius 1 is 1.18 bits per heavy atom. The van der Waals surface area contributed by atoms with Crippen LogP contribution in [0.2, 0.25) is 0 Å². The molecule has 210 valence electrons. The Labute approximate surface area is 231 Å². The molecule has 0 unspecified atom stereocenters. The zero-order valence-electron chi connectivity index (χ0n) is 22.4. The maximum Gasteiger partial charge on any atom is 0.387 e. The lowest BCUT2D eigenvalue weighted by molar-refractivity contribution is -0.136. The number of amides is 1. The van der Waals surface area contributed by atoms with Crippen LogP contribution in [0.15, 0.2) is 55.4 Å². The van der Waals surface area contributed by atoms with Crippen LogP contribution >= 0.6 is 0 Å². The van der Waals surface area contributed by atoms with Crippen molar-refractivity contribution in [1.29, 1.82) is 10.8 Å². The van der Waals surface area contributed by atoms with Crippen LogP contribution in [0.1, 0.15) is 44.3 Å². The monoisotopic (exact) mass is 549 g/mol. The molecule has 1 aromatic carbocycles. The standard InChI is InChI=1S/C29H33F2N7O2/c1-3-21(19-7-9-20(10-8-19)28(39)36-15-16-37(18(2)32)25(33)17-36)27-34-13-11-26(35-27)38-14-12-22-23(38)5-4-6-24(22)40-29(30)31/h3-6,11-14,19-21,29,32-33H,1,7-10,15-17H2,2H3/t19?,20?,21-/m1/s1. The summed E-state index contributed by atoms with van der Waals surface area (Å²) in [5.41, 5.74) is 0.696. The third-order valence-electron chi connectivity index (χ3n) is 7.97. The minimum absolute atomic E-state index is 0.0784. The molecule has 1 aliphatic heterocycles. The van der Waals surface area contributed by atoms with Crippen molar-refractivity contribution in [2.24, 2.45) is 11.8 Å². The van der Waals surface area contributed by atoms with E-state index in [0.717, 1.165) is 25.7 Å². The highest BCUT2D eigenvalue weighted by molar-refractivity contribution is 6.00. The number of hydrogen-bond acceptors (Lipinski definition) is 6. The first kappa shape index (κ1) is 27.4. The third-order valence-corrected chi connectivity index (χ3v) is 7.97. The third kappa shape index (κ3) is 5.45. The fourth-order valence-corrected chi connectivity index (χ4v) is 5.95. The predicted octanol–water partition coefficient (Wildman–Crippen LogP) is 5.22. The number of carbonyl (C=O) groups is 1. The molecule has 3 aromatic rings. The lowest BCUT2D eigenvalue weighted by atomic mass is 9.75. The number of hydrogen-bond donors (Lipinski definition) is 2. The van der Waals surface area contributed by atoms with Crippen molar-refractivity contribution < 1.29 is 18.3 Å². The summed E-state index contributed by atoms with van der Waals surface area (Å²) in [4.78, 5) is 26.0. The maximum absolute atomic E-state index is 13.2. The van der Waals surface area contributed by atoms with E-state index < -0.39 is 6.61 Å². The number of nitrogens with zero attached hydrogens (tertiary/aromatic N) is 5. The molecule has 1 saturated carbocycles. The minimum Gasteiger partial charge on any atom is -0.434 e. The minimum atomic E-state index is -2.91. The van der Waals surface area contributed by atoms with E-state index in [-0.39, 0.29) is 41.8 Å². The molecule has 2 N–H and O–H groups in total. The summed E-state index contributed by atoms with van der Waals surface area (Å²) in [6.45, 7) is 4.06. The van der Waals surface area contributed by atoms with Crippen LogP contribution in [-0.2, 0) is 4.79 Å². The first-order chi connectivity index (χ1) is 19.3. The van der Waals surface area contributed by atoms with Crippen LogP contribution < -0.4 is 4.74 Å². The second-order valence-corrected chi connectivity index (χ2v) is 10.3. The second kappa shape index (κ2) is 11.5. The molecule has 0 spiro atoms. The van der Waals surface area contributed by atoms with Crippen LogP contribution in [-0.4, -0.2) is 68.2 Å². The first-order valence-corrected chi connectivity index (χ1v) is 13.5. The van der Waals surface area contributed by atoms with Gasteiger partial charge in [0.2, 0.25) is 5.91 Å². The number of ether oxygens (including phenoxy) is 1. The number of piperazine rings is 1. The van der Waals surface area contributed by atoms with Crippen LogP contribution in [0.3, 0.4) is 0 Å². The van der Waals surface area contributed by atoms with E-state index in [1.165, 1.54) is 6.07 Å². The van der Waals surface area contributed by atoms with Gasteiger partial charge in [0, 0.05) is 42.7 Å². The summed E-state index contributed by atoms with van der Waals surface area (Å²) >= 11 is 0. The number of benzene rings is 1. The van der Waals surface area contributed by atoms with Crippen molar-refractivity contribution in [2.75, 3.05) is 19.6 Å². The highest BCUT2D eigenvalue weighted by Crippen LogP contribution is 2.39. The number of fused-ring (bicyclic) bond motifs is 1. The van der Waals surface area contributed by atoms with Crippen molar-refractivity contribution in [1.82, 2.24) is 24.3 Å². The second-order valence-electron chi connectivity index (χ2n) is 10.3. The molecule has 1 amide bonds. The smallest absolute Gasteiger partial charge is 0.387 e. The van der Waals surface area contributed by atoms with Crippen molar-refractivity contribution in [2.45, 2.75) is 45.1 Å². The Bertz CT molecular complexity index is 1430. The Balaban J connectivity index is 1.27. The molecule has 1 saturated heterocycles. The Hall–Kier alpha value is -4.15. The number of halogens is 2. The molecule has 1 atom stereocenters. The highest BCUT2D eigenvalue weighted by atomic mass is 19.3. The normalized spacial score (nSPS) is 20.6. The van der Waals surface area contributed by atoms with E-state index in [4.69, 9.17) is 15.8 Å². The predicted molar refractivity (Wildman–Crippen MR) is 148 cm³/mol. The van der Waals surface area contributed by atoms with Gasteiger partial charge in [-0.15, -0.1) is 6.58 Å². The average molecular weight is 550 g/mol. The van der Waals surface area contributed by atoms with Gasteiger partial charge in [0.25, 0.3) is 0 Å². The fraction of sp³-hybridized carbons (Fsp3) is 0.414. The number of rotatable bonds is 7. The zero-order valence-corrected chi connectivity index (χ0v) is 22.4. The van der Waals surface area contributed by atoms with Crippen molar-refractivity contribution in [3.05, 3.63) is 61.2 Å². The van der Waals surface area contributed by atoms with Gasteiger partial charge in [-0.1, -0.05) is 12.1 Å². The van der Waals surface area contributed by atoms with Gasteiger partial charge in [-0.05, 0) is 62.8 Å². The number of amidine groups is 2. The molecular formula is C29H33F2N7O2. The van der Waals surface area contributed by atoms with Crippen molar-refractivity contribution in [3.8, 4) is 11.6 Å². The van der Waals surface area contributed by atoms with Crippen LogP contribution in [0.4, 0.5) is 8.78 Å². The largest absolute Gasteiger partial charge is 0.434 e. The topological polar surface area (TPSA) is 111 Å². The molecule has 5 rings (SSSR count). The van der Waals surface area contributed by atoms with E-state index in [1.54, 1.807) is 47.3 Å². The molecule has 0 bridgehead atoms. The number of carbonyl (C=O) groups excluding carboxylic acids is 1. The molecule has 0 radical (unpaired) electrons. The molecule has 2 fully saturated rings. The van der Waals surface area contributed by atoms with Gasteiger partial charge in [-0.2, -0.15) is 8.78 Å². The van der Waals surface area contributed by atoms with Crippen molar-refractivity contribution >= 4 is 28.5 Å². The van der Waals surface area contributed by atoms with Gasteiger partial charge >= 0.3 is 6.61 Å². The van der Waals surface area contributed by atoms with E-state index in [9.17, 15) is 13.6 Å². The van der Waals surface area contributed by atoms with Gasteiger partial charge in [0.15, 0.2) is 0 Å². The molecule has 1 aliphatic carbocycles. The Kier molecular flexibility index (Phi) is 7.90. The van der Waals surface area contributed by atoms with Gasteiger partial charge in [-0.3, -0.25) is 15.6 Å². The molecule has 11 heteroatoms. The molecule has 2 aliphatic rings. The summed E-state index contributed by atoms with van der Waals surface area (Å²) < 4.78 is 32.2. The Morgan fingerprint density at radius 2 is 1.95 bits per heavy atom. The van der Waals surface area contributed by atoms with E-state index in [0.29, 0.717) is 41.5 Å². The maximum atomic E-state index is 13.2. The molecule has 3 heterocycles. The van der Waals surface area contributed by atoms with E-state index in [2.05, 4.69) is 16.3 Å². The highest BCUT2D eigenvalue weighted by Gasteiger charge is 2.35. The Morgan fingerprint density at radius 3 is 2.62 bits per heavy atom. The van der Waals surface area contributed by atoms with Crippen LogP contribution in [0.25, 0.3) is 16.7 Å². The number of aromatic nitrogens is 3. The molecule has 2 aromatic heterocycles. The summed E-state index contributed by atoms with van der Waals surface area (Å²) in [7, 11) is 0. The summed E-state index contributed by atoms with van der Waals surface area (Å²) in [5, 5.41) is 16.6. The fourth-order valence-electron chi connectivity index (χ4n) is 5.95. The number of nitrogens with one attached hydrogen (secondary N) is 2. The lowest BCUT2D eigenvalue weighted by Crippen LogP contribution is -2.54.